The van der Waals surface area contributed by atoms with Gasteiger partial charge in [-0.15, -0.1) is 20.4 Å². The maximum Gasteiger partial charge on any atom is 0.115 e. The van der Waals surface area contributed by atoms with Crippen LogP contribution in [0, 0.1) is 0 Å². The van der Waals surface area contributed by atoms with Crippen molar-refractivity contribution in [2.75, 3.05) is 0 Å². The molecule has 0 N–H and O–H groups in total. The lowest BCUT2D eigenvalue weighted by Gasteiger charge is -2.25. The third-order valence-corrected chi connectivity index (χ3v) is 5.02. The van der Waals surface area contributed by atoms with Crippen LogP contribution in [0.2, 0.25) is 0 Å². The van der Waals surface area contributed by atoms with Crippen LogP contribution < -0.4 is 0 Å². The van der Waals surface area contributed by atoms with Gasteiger partial charge in [0.15, 0.2) is 0 Å². The first-order valence-corrected chi connectivity index (χ1v) is 8.87. The Bertz CT molecular complexity index is 1220. The molecule has 0 spiro atoms. The molecule has 2 heterocycles. The van der Waals surface area contributed by atoms with Gasteiger partial charge in [-0.1, -0.05) is 62.4 Å². The molecule has 0 aliphatic rings. The van der Waals surface area contributed by atoms with E-state index >= 15 is 0 Å². The van der Waals surface area contributed by atoms with Crippen molar-refractivity contribution in [3.8, 4) is 0 Å². The minimum absolute atomic E-state index is 0.127. The monoisotopic (exact) mass is 354 g/mol. The van der Waals surface area contributed by atoms with E-state index in [1.54, 1.807) is 0 Å². The van der Waals surface area contributed by atoms with E-state index in [0.717, 1.165) is 22.1 Å². The van der Waals surface area contributed by atoms with Crippen molar-refractivity contribution < 1.29 is 0 Å². The third-order valence-electron chi connectivity index (χ3n) is 5.02. The highest BCUT2D eigenvalue weighted by Gasteiger charge is 2.23. The first kappa shape index (κ1) is 15.7. The SMILES string of the molecule is CC(C)(c1ccccc1)c1ccc2nn(-n3nc4ccccc4n3)nc2c1. The molecular formula is C21H18N6. The topological polar surface area (TPSA) is 61.4 Å². The maximum atomic E-state index is 4.59. The van der Waals surface area contributed by atoms with Gasteiger partial charge in [-0.25, -0.2) is 0 Å². The van der Waals surface area contributed by atoms with Gasteiger partial charge in [-0.05, 0) is 45.2 Å². The van der Waals surface area contributed by atoms with E-state index in [9.17, 15) is 0 Å². The van der Waals surface area contributed by atoms with Gasteiger partial charge in [0.05, 0.1) is 0 Å². The molecule has 3 aromatic carbocycles. The van der Waals surface area contributed by atoms with Crippen LogP contribution in [-0.2, 0) is 5.41 Å². The Labute approximate surface area is 156 Å². The van der Waals surface area contributed by atoms with E-state index < -0.39 is 0 Å². The number of nitrogens with zero attached hydrogens (tertiary/aromatic N) is 6. The molecule has 2 aromatic heterocycles. The van der Waals surface area contributed by atoms with Crippen LogP contribution in [0.15, 0.2) is 72.8 Å². The zero-order chi connectivity index (χ0) is 18.4. The van der Waals surface area contributed by atoms with Crippen LogP contribution in [0.3, 0.4) is 0 Å². The molecule has 5 rings (SSSR count). The Hall–Kier alpha value is -3.54. The van der Waals surface area contributed by atoms with Gasteiger partial charge >= 0.3 is 0 Å². The Morgan fingerprint density at radius 1 is 0.556 bits per heavy atom. The summed E-state index contributed by atoms with van der Waals surface area (Å²) in [6, 6.07) is 24.4. The fraction of sp³-hybridized carbons (Fsp3) is 0.143. The Morgan fingerprint density at radius 3 is 1.70 bits per heavy atom. The van der Waals surface area contributed by atoms with Crippen molar-refractivity contribution in [3.63, 3.8) is 0 Å². The molecular weight excluding hydrogens is 336 g/mol. The van der Waals surface area contributed by atoms with Gasteiger partial charge in [-0.3, -0.25) is 0 Å². The molecule has 0 bridgehead atoms. The lowest BCUT2D eigenvalue weighted by molar-refractivity contribution is 0.399. The summed E-state index contributed by atoms with van der Waals surface area (Å²) < 4.78 is 0. The maximum absolute atomic E-state index is 4.59. The summed E-state index contributed by atoms with van der Waals surface area (Å²) in [5.41, 5.74) is 5.57. The van der Waals surface area contributed by atoms with Gasteiger partial charge in [0.25, 0.3) is 0 Å². The van der Waals surface area contributed by atoms with Crippen molar-refractivity contribution in [1.82, 2.24) is 30.2 Å². The summed E-state index contributed by atoms with van der Waals surface area (Å²) in [5.74, 6) is 0. The largest absolute Gasteiger partial charge is 0.128 e. The molecule has 0 aliphatic heterocycles. The number of benzene rings is 3. The van der Waals surface area contributed by atoms with E-state index in [1.807, 2.05) is 36.4 Å². The lowest BCUT2D eigenvalue weighted by Crippen LogP contribution is -2.18. The molecule has 27 heavy (non-hydrogen) atoms. The highest BCUT2D eigenvalue weighted by molar-refractivity contribution is 5.75. The summed E-state index contributed by atoms with van der Waals surface area (Å²) in [6.07, 6.45) is 0. The lowest BCUT2D eigenvalue weighted by atomic mass is 9.78. The molecule has 6 heteroatoms. The van der Waals surface area contributed by atoms with E-state index in [2.05, 4.69) is 70.6 Å². The standard InChI is InChI=1S/C21H18N6/c1-21(2,15-8-4-3-5-9-15)16-12-13-19-20(14-16)25-27(24-19)26-22-17-10-6-7-11-18(17)23-26/h3-14H,1-2H3. The molecule has 0 aliphatic carbocycles. The van der Waals surface area contributed by atoms with Crippen LogP contribution in [0.25, 0.3) is 22.1 Å². The summed E-state index contributed by atoms with van der Waals surface area (Å²) in [5, 5.41) is 18.0. The normalized spacial score (nSPS) is 12.1. The zero-order valence-corrected chi connectivity index (χ0v) is 15.1. The quantitative estimate of drug-likeness (QED) is 0.494. The molecule has 0 saturated carbocycles. The second-order valence-corrected chi connectivity index (χ2v) is 7.12. The Morgan fingerprint density at radius 2 is 1.07 bits per heavy atom. The first-order valence-electron chi connectivity index (χ1n) is 8.87. The van der Waals surface area contributed by atoms with Gasteiger partial charge in [-0.2, -0.15) is 0 Å². The fourth-order valence-corrected chi connectivity index (χ4v) is 3.32. The molecule has 0 fully saturated rings. The Balaban J connectivity index is 1.59. The van der Waals surface area contributed by atoms with Crippen molar-refractivity contribution in [2.45, 2.75) is 19.3 Å². The Kier molecular flexibility index (Phi) is 3.33. The number of rotatable bonds is 3. The number of aromatic nitrogens is 6. The van der Waals surface area contributed by atoms with E-state index in [4.69, 9.17) is 0 Å². The fourth-order valence-electron chi connectivity index (χ4n) is 3.32. The van der Waals surface area contributed by atoms with E-state index in [1.165, 1.54) is 20.9 Å². The zero-order valence-electron chi connectivity index (χ0n) is 15.1. The van der Waals surface area contributed by atoms with E-state index in [0.29, 0.717) is 0 Å². The van der Waals surface area contributed by atoms with Crippen molar-refractivity contribution in [1.29, 1.82) is 0 Å². The summed E-state index contributed by atoms with van der Waals surface area (Å²) in [6.45, 7) is 4.44. The van der Waals surface area contributed by atoms with Gasteiger partial charge in [0.1, 0.15) is 22.1 Å². The predicted molar refractivity (Wildman–Crippen MR) is 104 cm³/mol. The summed E-state index contributed by atoms with van der Waals surface area (Å²) in [4.78, 5) is 2.86. The van der Waals surface area contributed by atoms with E-state index in [-0.39, 0.29) is 5.41 Å². The minimum Gasteiger partial charge on any atom is -0.128 e. The average Bonchev–Trinajstić information content (AvgIpc) is 3.31. The van der Waals surface area contributed by atoms with Crippen LogP contribution in [0.5, 0.6) is 0 Å². The molecule has 0 atom stereocenters. The summed E-state index contributed by atoms with van der Waals surface area (Å²) >= 11 is 0. The van der Waals surface area contributed by atoms with Gasteiger partial charge in [0, 0.05) is 5.41 Å². The van der Waals surface area contributed by atoms with Crippen molar-refractivity contribution in [3.05, 3.63) is 83.9 Å². The average molecular weight is 354 g/mol. The molecule has 0 amide bonds. The van der Waals surface area contributed by atoms with Gasteiger partial charge < -0.3 is 0 Å². The predicted octanol–water partition coefficient (Wildman–Crippen LogP) is 3.81. The highest BCUT2D eigenvalue weighted by atomic mass is 15.8. The highest BCUT2D eigenvalue weighted by Crippen LogP contribution is 2.32. The minimum atomic E-state index is -0.127. The molecule has 0 saturated heterocycles. The van der Waals surface area contributed by atoms with Crippen LogP contribution in [0.4, 0.5) is 0 Å². The second kappa shape index (κ2) is 5.74. The molecule has 0 radical (unpaired) electrons. The number of fused-ring (bicyclic) bond motifs is 2. The van der Waals surface area contributed by atoms with Crippen LogP contribution >= 0.6 is 0 Å². The van der Waals surface area contributed by atoms with Crippen molar-refractivity contribution >= 4 is 22.1 Å². The smallest absolute Gasteiger partial charge is 0.115 e. The molecule has 132 valence electrons. The van der Waals surface area contributed by atoms with Crippen molar-refractivity contribution in [2.24, 2.45) is 0 Å². The molecule has 0 unspecified atom stereocenters. The van der Waals surface area contributed by atoms with Gasteiger partial charge in [0.2, 0.25) is 0 Å². The molecule has 5 aromatic rings. The van der Waals surface area contributed by atoms with Crippen LogP contribution in [0.1, 0.15) is 25.0 Å². The second-order valence-electron chi connectivity index (χ2n) is 7.12. The molecule has 6 nitrogen and oxygen atoms in total. The van der Waals surface area contributed by atoms with Crippen LogP contribution in [-0.4, -0.2) is 30.2 Å². The number of hydrogen-bond acceptors (Lipinski definition) is 4. The summed E-state index contributed by atoms with van der Waals surface area (Å²) in [7, 11) is 0. The first-order chi connectivity index (χ1) is 13.1. The third kappa shape index (κ3) is 2.57. The number of hydrogen-bond donors (Lipinski definition) is 0.